The number of aliphatic hydroxyl groups excluding tert-OH is 1. The molecule has 16 heavy (non-hydrogen) atoms. The van der Waals surface area contributed by atoms with Gasteiger partial charge in [0.25, 0.3) is 0 Å². The molecule has 1 unspecified atom stereocenters. The van der Waals surface area contributed by atoms with Gasteiger partial charge in [-0.2, -0.15) is 0 Å². The van der Waals surface area contributed by atoms with Crippen LogP contribution in [0.25, 0.3) is 10.2 Å². The van der Waals surface area contributed by atoms with Crippen LogP contribution in [0.15, 0.2) is 23.7 Å². The monoisotopic (exact) mass is 233 g/mol. The highest BCUT2D eigenvalue weighted by Crippen LogP contribution is 2.36. The Balaban J connectivity index is 1.75. The van der Waals surface area contributed by atoms with E-state index in [4.69, 9.17) is 0 Å². The summed E-state index contributed by atoms with van der Waals surface area (Å²) in [5, 5.41) is 12.1. The smallest absolute Gasteiger partial charge is 0.0809 e. The van der Waals surface area contributed by atoms with Crippen molar-refractivity contribution in [2.24, 2.45) is 5.92 Å². The van der Waals surface area contributed by atoms with Gasteiger partial charge in [0.15, 0.2) is 0 Å². The molecule has 3 rings (SSSR count). The highest BCUT2D eigenvalue weighted by atomic mass is 32.1. The Hall–Kier alpha value is -0.930. The van der Waals surface area contributed by atoms with Gasteiger partial charge < -0.3 is 5.11 Å². The third kappa shape index (κ3) is 2.11. The van der Waals surface area contributed by atoms with Gasteiger partial charge in [0.2, 0.25) is 0 Å². The van der Waals surface area contributed by atoms with Crippen LogP contribution in [0.3, 0.4) is 0 Å². The molecule has 2 aromatic heterocycles. The number of pyridine rings is 1. The van der Waals surface area contributed by atoms with Crippen molar-refractivity contribution in [3.63, 3.8) is 0 Å². The van der Waals surface area contributed by atoms with Gasteiger partial charge in [-0.25, -0.2) is 0 Å². The fourth-order valence-electron chi connectivity index (χ4n) is 2.01. The molecule has 0 aromatic carbocycles. The lowest BCUT2D eigenvalue weighted by Gasteiger charge is -2.09. The predicted molar refractivity (Wildman–Crippen MR) is 66.5 cm³/mol. The summed E-state index contributed by atoms with van der Waals surface area (Å²) in [7, 11) is 0. The summed E-state index contributed by atoms with van der Waals surface area (Å²) in [4.78, 5) is 4.36. The third-order valence-electron chi connectivity index (χ3n) is 3.25. The maximum Gasteiger partial charge on any atom is 0.0809 e. The molecule has 0 amide bonds. The summed E-state index contributed by atoms with van der Waals surface area (Å²) >= 11 is 1.68. The van der Waals surface area contributed by atoms with E-state index in [2.05, 4.69) is 11.1 Å². The number of thiophene rings is 1. The van der Waals surface area contributed by atoms with Gasteiger partial charge in [-0.1, -0.05) is 12.8 Å². The fourth-order valence-corrected chi connectivity index (χ4v) is 2.80. The second kappa shape index (κ2) is 4.15. The average Bonchev–Trinajstić information content (AvgIpc) is 3.01. The van der Waals surface area contributed by atoms with Crippen molar-refractivity contribution in [2.45, 2.75) is 31.8 Å². The zero-order chi connectivity index (χ0) is 11.0. The Morgan fingerprint density at radius 1 is 1.50 bits per heavy atom. The van der Waals surface area contributed by atoms with Crippen LogP contribution in [-0.4, -0.2) is 10.1 Å². The molecule has 0 saturated heterocycles. The Kier molecular flexibility index (Phi) is 2.65. The van der Waals surface area contributed by atoms with E-state index in [9.17, 15) is 5.11 Å². The highest BCUT2D eigenvalue weighted by Gasteiger charge is 2.22. The summed E-state index contributed by atoms with van der Waals surface area (Å²) in [6, 6.07) is 4.09. The van der Waals surface area contributed by atoms with Crippen molar-refractivity contribution < 1.29 is 5.11 Å². The standard InChI is InChI=1S/C13H15NOS/c15-12(4-3-9-1-2-9)10-7-13-11(14-8-10)5-6-16-13/h5-9,12,15H,1-4H2. The first-order chi connectivity index (χ1) is 7.83. The number of hydrogen-bond acceptors (Lipinski definition) is 3. The number of fused-ring (bicyclic) bond motifs is 1. The molecule has 2 nitrogen and oxygen atoms in total. The van der Waals surface area contributed by atoms with Crippen molar-refractivity contribution in [1.29, 1.82) is 0 Å². The van der Waals surface area contributed by atoms with Crippen LogP contribution in [0.1, 0.15) is 37.4 Å². The molecule has 1 fully saturated rings. The molecular weight excluding hydrogens is 218 g/mol. The van der Waals surface area contributed by atoms with Crippen LogP contribution in [0.2, 0.25) is 0 Å². The zero-order valence-electron chi connectivity index (χ0n) is 9.10. The van der Waals surface area contributed by atoms with E-state index in [1.54, 1.807) is 11.3 Å². The van der Waals surface area contributed by atoms with Crippen molar-refractivity contribution in [3.8, 4) is 0 Å². The SMILES string of the molecule is OC(CCC1CC1)c1cnc2ccsc2c1. The minimum Gasteiger partial charge on any atom is -0.388 e. The predicted octanol–water partition coefficient (Wildman–Crippen LogP) is 3.52. The number of rotatable bonds is 4. The van der Waals surface area contributed by atoms with Crippen LogP contribution in [0, 0.1) is 5.92 Å². The fraction of sp³-hybridized carbons (Fsp3) is 0.462. The number of aliphatic hydroxyl groups is 1. The number of aromatic nitrogens is 1. The Labute approximate surface area is 99.0 Å². The van der Waals surface area contributed by atoms with E-state index in [-0.39, 0.29) is 6.10 Å². The van der Waals surface area contributed by atoms with Crippen molar-refractivity contribution in [1.82, 2.24) is 4.98 Å². The van der Waals surface area contributed by atoms with Gasteiger partial charge >= 0.3 is 0 Å². The van der Waals surface area contributed by atoms with Crippen LogP contribution >= 0.6 is 11.3 Å². The van der Waals surface area contributed by atoms with Crippen LogP contribution in [0.4, 0.5) is 0 Å². The van der Waals surface area contributed by atoms with E-state index >= 15 is 0 Å². The molecule has 1 aliphatic carbocycles. The zero-order valence-corrected chi connectivity index (χ0v) is 9.91. The summed E-state index contributed by atoms with van der Waals surface area (Å²) < 4.78 is 1.17. The van der Waals surface area contributed by atoms with Crippen LogP contribution in [-0.2, 0) is 0 Å². The molecule has 2 heterocycles. The molecule has 0 aliphatic heterocycles. The number of hydrogen-bond donors (Lipinski definition) is 1. The molecule has 1 atom stereocenters. The second-order valence-corrected chi connectivity index (χ2v) is 5.56. The lowest BCUT2D eigenvalue weighted by molar-refractivity contribution is 0.162. The third-order valence-corrected chi connectivity index (χ3v) is 4.11. The Morgan fingerprint density at radius 3 is 3.19 bits per heavy atom. The average molecular weight is 233 g/mol. The molecule has 1 N–H and O–H groups in total. The molecule has 0 spiro atoms. The lowest BCUT2D eigenvalue weighted by atomic mass is 10.1. The minimum absolute atomic E-state index is 0.334. The maximum atomic E-state index is 10.1. The van der Waals surface area contributed by atoms with Gasteiger partial charge in [-0.05, 0) is 36.3 Å². The molecule has 0 bridgehead atoms. The van der Waals surface area contributed by atoms with Gasteiger partial charge in [0.05, 0.1) is 16.3 Å². The van der Waals surface area contributed by atoms with Crippen LogP contribution in [0.5, 0.6) is 0 Å². The number of nitrogens with zero attached hydrogens (tertiary/aromatic N) is 1. The molecular formula is C13H15NOS. The van der Waals surface area contributed by atoms with Gasteiger partial charge in [0, 0.05) is 11.8 Å². The molecule has 3 heteroatoms. The van der Waals surface area contributed by atoms with E-state index < -0.39 is 0 Å². The molecule has 2 aromatic rings. The quantitative estimate of drug-likeness (QED) is 0.876. The van der Waals surface area contributed by atoms with Crippen LogP contribution < -0.4 is 0 Å². The first kappa shape index (κ1) is 10.2. The Bertz CT molecular complexity index is 489. The maximum absolute atomic E-state index is 10.1. The first-order valence-electron chi connectivity index (χ1n) is 5.84. The molecule has 1 aliphatic rings. The molecule has 84 valence electrons. The molecule has 0 radical (unpaired) electrons. The van der Waals surface area contributed by atoms with Crippen molar-refractivity contribution in [3.05, 3.63) is 29.3 Å². The lowest BCUT2D eigenvalue weighted by Crippen LogP contribution is -1.98. The summed E-state index contributed by atoms with van der Waals surface area (Å²) in [5.41, 5.74) is 2.00. The normalized spacial score (nSPS) is 17.8. The second-order valence-electron chi connectivity index (χ2n) is 4.61. The van der Waals surface area contributed by atoms with E-state index in [0.717, 1.165) is 29.8 Å². The van der Waals surface area contributed by atoms with E-state index in [1.165, 1.54) is 17.5 Å². The van der Waals surface area contributed by atoms with Crippen molar-refractivity contribution >= 4 is 21.6 Å². The van der Waals surface area contributed by atoms with Crippen molar-refractivity contribution in [2.75, 3.05) is 0 Å². The minimum atomic E-state index is -0.334. The molecule has 1 saturated carbocycles. The largest absolute Gasteiger partial charge is 0.388 e. The summed E-state index contributed by atoms with van der Waals surface area (Å²) in [6.07, 6.45) is 6.23. The summed E-state index contributed by atoms with van der Waals surface area (Å²) in [5.74, 6) is 0.882. The van der Waals surface area contributed by atoms with Gasteiger partial charge in [-0.3, -0.25) is 4.98 Å². The highest BCUT2D eigenvalue weighted by molar-refractivity contribution is 7.17. The van der Waals surface area contributed by atoms with Gasteiger partial charge in [-0.15, -0.1) is 11.3 Å². The van der Waals surface area contributed by atoms with Gasteiger partial charge in [0.1, 0.15) is 0 Å². The topological polar surface area (TPSA) is 33.1 Å². The van der Waals surface area contributed by atoms with E-state index in [0.29, 0.717) is 0 Å². The first-order valence-corrected chi connectivity index (χ1v) is 6.72. The summed E-state index contributed by atoms with van der Waals surface area (Å²) in [6.45, 7) is 0. The van der Waals surface area contributed by atoms with E-state index in [1.807, 2.05) is 17.6 Å². The Morgan fingerprint density at radius 2 is 2.38 bits per heavy atom.